The Labute approximate surface area is 496 Å². The van der Waals surface area contributed by atoms with E-state index < -0.39 is 165 Å². The Balaban J connectivity index is 0.000000259. The van der Waals surface area contributed by atoms with Gasteiger partial charge in [0.05, 0.1) is 50.5 Å². The number of hydrogen-bond acceptors (Lipinski definition) is 13. The molecule has 1 atom stereocenters. The number of pyridine rings is 3. The molecule has 494 valence electrons. The molecule has 1 unspecified atom stereocenters. The Bertz CT molecular complexity index is 4010. The van der Waals surface area contributed by atoms with E-state index >= 15 is 0 Å². The van der Waals surface area contributed by atoms with Gasteiger partial charge in [-0.2, -0.15) is 61.5 Å². The molecule has 12 N–H and O–H groups in total. The average Bonchev–Trinajstić information content (AvgIpc) is 1.52. The molecular weight excluding hydrogens is 1300 g/mol. The second-order valence-electron chi connectivity index (χ2n) is 18.4. The number of halogens is 14. The zero-order chi connectivity index (χ0) is 70.6. The molecule has 1 aliphatic heterocycles. The van der Waals surface area contributed by atoms with Crippen LogP contribution in [0.2, 0.25) is 0 Å². The minimum atomic E-state index is -7.03. The average molecular weight is 1340 g/mol. The lowest BCUT2D eigenvalue weighted by molar-refractivity contribution is -0.355. The van der Waals surface area contributed by atoms with Gasteiger partial charge >= 0.3 is 102 Å². The Hall–Kier alpha value is -11.5. The van der Waals surface area contributed by atoms with Crippen LogP contribution in [0.5, 0.6) is 0 Å². The molecule has 41 heteroatoms. The van der Waals surface area contributed by atoms with Gasteiger partial charge in [0.2, 0.25) is 0 Å². The van der Waals surface area contributed by atoms with Gasteiger partial charge in [-0.25, -0.2) is 57.9 Å². The van der Waals surface area contributed by atoms with E-state index in [0.29, 0.717) is 29.7 Å². The van der Waals surface area contributed by atoms with Crippen LogP contribution in [-0.4, -0.2) is 182 Å². The highest BCUT2D eigenvalue weighted by Gasteiger charge is 2.74. The van der Waals surface area contributed by atoms with Crippen molar-refractivity contribution in [1.29, 1.82) is 0 Å². The van der Waals surface area contributed by atoms with Crippen molar-refractivity contribution in [3.05, 3.63) is 146 Å². The van der Waals surface area contributed by atoms with Crippen LogP contribution < -0.4 is 0 Å². The molecule has 0 saturated heterocycles. The summed E-state index contributed by atoms with van der Waals surface area (Å²) in [4.78, 5) is 127. The van der Waals surface area contributed by atoms with E-state index in [1.54, 1.807) is 33.4 Å². The van der Waals surface area contributed by atoms with Crippen LogP contribution in [0.1, 0.15) is 139 Å². The fraction of sp³-hybridized carbons (Fsp3) is 0.235. The van der Waals surface area contributed by atoms with Crippen molar-refractivity contribution in [3.63, 3.8) is 0 Å². The predicted molar refractivity (Wildman–Crippen MR) is 268 cm³/mol. The third-order valence-electron chi connectivity index (χ3n) is 12.6. The number of nitrogens with one attached hydrogen (secondary N) is 1. The minimum absolute atomic E-state index is 0.106. The summed E-state index contributed by atoms with van der Waals surface area (Å²) in [5.74, 6) is -44.2. The number of nitrogens with zero attached hydrogens (tertiary/aromatic N) is 4. The molecule has 0 radical (unpaired) electrons. The van der Waals surface area contributed by atoms with Crippen molar-refractivity contribution >= 4 is 82.2 Å². The van der Waals surface area contributed by atoms with Crippen LogP contribution in [0.3, 0.4) is 0 Å². The van der Waals surface area contributed by atoms with Gasteiger partial charge < -0.3 is 70.1 Å². The van der Waals surface area contributed by atoms with E-state index in [-0.39, 0.29) is 27.9 Å². The molecule has 1 aliphatic rings. The number of H-pyrrole nitrogens is 1. The van der Waals surface area contributed by atoms with Crippen LogP contribution in [0, 0.1) is 6.92 Å². The summed E-state index contributed by atoms with van der Waals surface area (Å²) >= 11 is 0. The first-order chi connectivity index (χ1) is 42.0. The van der Waals surface area contributed by atoms with Gasteiger partial charge in [-0.1, -0.05) is 0 Å². The number of carboxylic acids is 11. The molecule has 7 aromatic heterocycles. The summed E-state index contributed by atoms with van der Waals surface area (Å²) in [6.07, 6.45) is -17.1. The molecule has 0 spiro atoms. The van der Waals surface area contributed by atoms with Crippen molar-refractivity contribution in [2.75, 3.05) is 0 Å². The van der Waals surface area contributed by atoms with Crippen molar-refractivity contribution in [3.8, 4) is 0 Å². The van der Waals surface area contributed by atoms with Crippen molar-refractivity contribution in [2.45, 2.75) is 74.7 Å². The molecule has 27 nitrogen and oxygen atoms in total. The van der Waals surface area contributed by atoms with Crippen molar-refractivity contribution in [2.24, 2.45) is 0 Å². The van der Waals surface area contributed by atoms with Gasteiger partial charge in [0.1, 0.15) is 17.1 Å². The van der Waals surface area contributed by atoms with E-state index in [2.05, 4.69) is 9.97 Å². The van der Waals surface area contributed by atoms with Gasteiger partial charge in [0.25, 0.3) is 0 Å². The molecule has 8 heterocycles. The first-order valence-corrected chi connectivity index (χ1v) is 24.0. The van der Waals surface area contributed by atoms with E-state index in [1.807, 2.05) is 6.07 Å². The summed E-state index contributed by atoms with van der Waals surface area (Å²) in [5, 5.41) is 96.8. The highest BCUT2D eigenvalue weighted by atomic mass is 19.4. The van der Waals surface area contributed by atoms with Crippen molar-refractivity contribution in [1.82, 2.24) is 23.9 Å². The molecule has 0 bridgehead atoms. The molecular formula is C51H35F14N5O22. The summed E-state index contributed by atoms with van der Waals surface area (Å²) in [6.45, 7) is 1.82. The number of aliphatic carboxylic acids is 1. The maximum Gasteiger partial charge on any atom is 0.459 e. The number of aromatic amines is 1. The summed E-state index contributed by atoms with van der Waals surface area (Å²) in [6, 6.07) is 13.1. The second kappa shape index (κ2) is 26.7. The van der Waals surface area contributed by atoms with E-state index in [0.717, 1.165) is 16.6 Å². The van der Waals surface area contributed by atoms with Crippen LogP contribution >= 0.6 is 0 Å². The molecule has 92 heavy (non-hydrogen) atoms. The number of carbonyl (C=O) groups is 11. The Morgan fingerprint density at radius 2 is 0.957 bits per heavy atom. The summed E-state index contributed by atoms with van der Waals surface area (Å²) in [7, 11) is 0. The zero-order valence-electron chi connectivity index (χ0n) is 44.7. The number of aryl methyl sites for hydroxylation is 2. The highest BCUT2D eigenvalue weighted by molar-refractivity contribution is 6.09. The monoisotopic (exact) mass is 1340 g/mol. The topological polar surface area (TPSA) is 461 Å². The number of fused-ring (bicyclic) bond motifs is 1. The molecule has 8 rings (SSSR count). The van der Waals surface area contributed by atoms with Crippen LogP contribution in [-0.2, 0) is 24.2 Å². The van der Waals surface area contributed by atoms with Gasteiger partial charge in [0, 0.05) is 48.5 Å². The Morgan fingerprint density at radius 1 is 0.511 bits per heavy atom. The molecule has 0 amide bonds. The molecule has 7 aromatic rings. The summed E-state index contributed by atoms with van der Waals surface area (Å²) in [5.41, 5.74) is -9.00. The molecule has 0 fully saturated rings. The third kappa shape index (κ3) is 15.0. The third-order valence-corrected chi connectivity index (χ3v) is 12.6. The number of aromatic nitrogens is 5. The Kier molecular flexibility index (Phi) is 21.2. The van der Waals surface area contributed by atoms with Gasteiger partial charge in [0.15, 0.2) is 5.69 Å². The largest absolute Gasteiger partial charge is 0.481 e. The standard InChI is InChI=1S/C14H7F14NO4.C12H7NO4.C9H7NO6.C9H9NO4.C7H5NO4/c15-9(16,11(19,20)13(23,24)25)1-3-4(6(8(32)33)29-5(3)7(30)31)2-10(17,18)12(21,22)14(26,27)28;14-11(15)8-5-7-2-1-6-3-4-9(13(6)7)10(8)12(16)17;1-3-6(9(15)16)4(7(11)12)2-5(10-3)8(13)14;11-8(12)5-1-3-10-4-2-6(7(5)10)9(13)14;9-6(10)4-2-1-3-8-5(4)7(11)12/h29H,1-2H2,(H,30,31)(H,32,33);1-5H,(H,14,15)(H,16,17);2H,1H3,(H,11,12)(H,13,14)(H,15,16);1,3,6H,2,4H2,(H,11,12)(H,13,14);1-3H,(H,9,10)(H,11,12). The van der Waals surface area contributed by atoms with Crippen molar-refractivity contribution < 1.29 is 170 Å². The van der Waals surface area contributed by atoms with Gasteiger partial charge in [-0.15, -0.1) is 0 Å². The number of aromatic carboxylic acids is 10. The van der Waals surface area contributed by atoms with Crippen LogP contribution in [0.25, 0.3) is 16.6 Å². The van der Waals surface area contributed by atoms with Crippen LogP contribution in [0.15, 0.2) is 67.0 Å². The predicted octanol–water partition coefficient (Wildman–Crippen LogP) is 8.81. The fourth-order valence-electron chi connectivity index (χ4n) is 8.45. The number of carboxylic acid groups (broad SMARTS) is 11. The first-order valence-electron chi connectivity index (χ1n) is 24.0. The lowest BCUT2D eigenvalue weighted by atomic mass is 9.92. The molecule has 0 saturated carbocycles. The Morgan fingerprint density at radius 3 is 1.35 bits per heavy atom. The lowest BCUT2D eigenvalue weighted by Crippen LogP contribution is -2.54. The molecule has 0 aliphatic carbocycles. The van der Waals surface area contributed by atoms with E-state index in [9.17, 15) is 114 Å². The zero-order valence-corrected chi connectivity index (χ0v) is 44.7. The van der Waals surface area contributed by atoms with Crippen LogP contribution in [0.4, 0.5) is 61.5 Å². The minimum Gasteiger partial charge on any atom is -0.481 e. The second-order valence-corrected chi connectivity index (χ2v) is 18.4. The molecule has 0 aromatic carbocycles. The van der Waals surface area contributed by atoms with Gasteiger partial charge in [-0.3, -0.25) is 4.79 Å². The smallest absolute Gasteiger partial charge is 0.459 e. The summed E-state index contributed by atoms with van der Waals surface area (Å²) < 4.78 is 185. The highest BCUT2D eigenvalue weighted by Crippen LogP contribution is 2.51. The number of rotatable bonds is 17. The SMILES string of the molecule is Cc1nc(C(=O)O)cc(C(=O)O)c1C(=O)O.O=C(O)c1[nH]c(C(=O)O)c(CC(F)(F)C(F)(F)C(F)(F)F)c1CC(F)(F)C(F)(F)C(F)(F)F.O=C(O)c1cc2ccc3ccc(c1C(=O)O)n32.O=C(O)c1cccnc1C(=O)O.O=C(O)c1ccn2c1C(C(=O)O)CC2. The maximum absolute atomic E-state index is 13.7. The fourth-order valence-corrected chi connectivity index (χ4v) is 8.45. The number of hydrogen-bond donors (Lipinski definition) is 12. The maximum atomic E-state index is 13.7. The normalized spacial score (nSPS) is 13.1. The van der Waals surface area contributed by atoms with E-state index in [1.165, 1.54) is 37.4 Å². The quantitative estimate of drug-likeness (QED) is 0.0379. The van der Waals surface area contributed by atoms with E-state index in [4.69, 9.17) is 56.2 Å². The first kappa shape index (κ1) is 73.0. The van der Waals surface area contributed by atoms with Gasteiger partial charge in [-0.05, 0) is 79.1 Å². The lowest BCUT2D eigenvalue weighted by Gasteiger charge is -2.30. The number of alkyl halides is 14.